The highest BCUT2D eigenvalue weighted by Crippen LogP contribution is 2.32. The summed E-state index contributed by atoms with van der Waals surface area (Å²) in [5.41, 5.74) is 0.977. The van der Waals surface area contributed by atoms with Gasteiger partial charge in [0.15, 0.2) is 11.6 Å². The van der Waals surface area contributed by atoms with Crippen LogP contribution >= 0.6 is 22.9 Å². The van der Waals surface area contributed by atoms with Crippen LogP contribution in [0.15, 0.2) is 42.0 Å². The van der Waals surface area contributed by atoms with Gasteiger partial charge in [0.25, 0.3) is 11.8 Å². The zero-order valence-electron chi connectivity index (χ0n) is 14.6. The lowest BCUT2D eigenvalue weighted by atomic mass is 10.1. The first-order valence-corrected chi connectivity index (χ1v) is 9.67. The number of benzene rings is 1. The third-order valence-electron chi connectivity index (χ3n) is 4.02. The minimum Gasteiger partial charge on any atom is -0.436 e. The Morgan fingerprint density at radius 2 is 1.86 bits per heavy atom. The fourth-order valence-corrected chi connectivity index (χ4v) is 3.77. The maximum Gasteiger partial charge on any atom is 0.258 e. The highest BCUT2D eigenvalue weighted by Gasteiger charge is 2.14. The molecule has 0 amide bonds. The van der Waals surface area contributed by atoms with E-state index in [1.165, 1.54) is 17.7 Å². The third kappa shape index (κ3) is 4.25. The van der Waals surface area contributed by atoms with Gasteiger partial charge in [-0.05, 0) is 24.1 Å². The predicted molar refractivity (Wildman–Crippen MR) is 105 cm³/mol. The molecule has 148 valence electrons. The molecule has 0 aliphatic carbocycles. The van der Waals surface area contributed by atoms with Crippen molar-refractivity contribution in [3.05, 3.63) is 70.2 Å². The van der Waals surface area contributed by atoms with Crippen LogP contribution in [0.25, 0.3) is 10.2 Å². The van der Waals surface area contributed by atoms with E-state index in [-0.39, 0.29) is 5.75 Å². The molecule has 4 aromatic rings. The van der Waals surface area contributed by atoms with Crippen LogP contribution in [0.4, 0.5) is 19.0 Å². The Balaban J connectivity index is 1.38. The summed E-state index contributed by atoms with van der Waals surface area (Å²) in [4.78, 5) is 12.4. The first kappa shape index (κ1) is 19.4. The van der Waals surface area contributed by atoms with E-state index in [0.29, 0.717) is 29.9 Å². The Morgan fingerprint density at radius 1 is 1.07 bits per heavy atom. The Labute approximate surface area is 172 Å². The molecule has 0 fully saturated rings. The van der Waals surface area contributed by atoms with E-state index < -0.39 is 23.5 Å². The van der Waals surface area contributed by atoms with Crippen LogP contribution in [0.3, 0.4) is 0 Å². The summed E-state index contributed by atoms with van der Waals surface area (Å²) >= 11 is 7.64. The lowest BCUT2D eigenvalue weighted by Gasteiger charge is -2.09. The Hall–Kier alpha value is -2.91. The number of hydrogen-bond donors (Lipinski definition) is 1. The first-order chi connectivity index (χ1) is 14.0. The zero-order chi connectivity index (χ0) is 20.4. The smallest absolute Gasteiger partial charge is 0.258 e. The van der Waals surface area contributed by atoms with Crippen molar-refractivity contribution in [2.75, 3.05) is 11.9 Å². The average molecular weight is 437 g/mol. The number of anilines is 1. The van der Waals surface area contributed by atoms with Crippen LogP contribution in [-0.4, -0.2) is 21.5 Å². The molecule has 5 nitrogen and oxygen atoms in total. The van der Waals surface area contributed by atoms with Gasteiger partial charge < -0.3 is 10.1 Å². The molecule has 1 N–H and O–H groups in total. The van der Waals surface area contributed by atoms with Gasteiger partial charge in [-0.15, -0.1) is 11.3 Å². The number of ether oxygens (including phenoxy) is 1. The molecule has 3 heterocycles. The summed E-state index contributed by atoms with van der Waals surface area (Å²) in [6.07, 6.45) is 2.15. The van der Waals surface area contributed by atoms with E-state index in [2.05, 4.69) is 20.3 Å². The third-order valence-corrected chi connectivity index (χ3v) is 5.34. The summed E-state index contributed by atoms with van der Waals surface area (Å²) in [6.45, 7) is 0.595. The van der Waals surface area contributed by atoms with E-state index in [0.717, 1.165) is 15.8 Å². The molecular weight excluding hydrogens is 425 g/mol. The van der Waals surface area contributed by atoms with Crippen molar-refractivity contribution in [3.8, 4) is 11.6 Å². The molecule has 4 rings (SSSR count). The fourth-order valence-electron chi connectivity index (χ4n) is 2.64. The van der Waals surface area contributed by atoms with Crippen LogP contribution in [0.2, 0.25) is 5.02 Å². The van der Waals surface area contributed by atoms with Gasteiger partial charge in [0.2, 0.25) is 0 Å². The van der Waals surface area contributed by atoms with Gasteiger partial charge >= 0.3 is 0 Å². The van der Waals surface area contributed by atoms with Gasteiger partial charge in [-0.1, -0.05) is 23.7 Å². The monoisotopic (exact) mass is 436 g/mol. The van der Waals surface area contributed by atoms with Gasteiger partial charge in [-0.3, -0.25) is 0 Å². The normalized spacial score (nSPS) is 11.0. The van der Waals surface area contributed by atoms with Gasteiger partial charge in [-0.25, -0.2) is 18.7 Å². The van der Waals surface area contributed by atoms with Gasteiger partial charge in [0, 0.05) is 18.0 Å². The molecule has 0 radical (unpaired) electrons. The largest absolute Gasteiger partial charge is 0.436 e. The van der Waals surface area contributed by atoms with Crippen LogP contribution in [0, 0.1) is 17.6 Å². The summed E-state index contributed by atoms with van der Waals surface area (Å²) in [7, 11) is 0. The molecule has 3 aromatic heterocycles. The number of hydrogen-bond acceptors (Lipinski definition) is 6. The SMILES string of the molecule is Fc1cc(F)c(Oc2ccc(CCNc3ncnc4scc(Cl)c34)cc2)nc1F. The van der Waals surface area contributed by atoms with Crippen LogP contribution in [-0.2, 0) is 6.42 Å². The topological polar surface area (TPSA) is 59.9 Å². The molecule has 0 saturated carbocycles. The molecule has 0 atom stereocenters. The van der Waals surface area contributed by atoms with Crippen molar-refractivity contribution in [3.63, 3.8) is 0 Å². The van der Waals surface area contributed by atoms with Crippen LogP contribution in [0.5, 0.6) is 11.6 Å². The molecule has 0 spiro atoms. The van der Waals surface area contributed by atoms with Gasteiger partial charge in [-0.2, -0.15) is 9.37 Å². The molecule has 0 aliphatic heterocycles. The van der Waals surface area contributed by atoms with E-state index in [4.69, 9.17) is 16.3 Å². The summed E-state index contributed by atoms with van der Waals surface area (Å²) < 4.78 is 44.9. The second-order valence-corrected chi connectivity index (χ2v) is 7.22. The zero-order valence-corrected chi connectivity index (χ0v) is 16.2. The fraction of sp³-hybridized carbons (Fsp3) is 0.105. The lowest BCUT2D eigenvalue weighted by molar-refractivity contribution is 0.387. The molecule has 1 aromatic carbocycles. The van der Waals surface area contributed by atoms with Crippen molar-refractivity contribution >= 4 is 39.0 Å². The second-order valence-electron chi connectivity index (χ2n) is 5.96. The molecule has 0 unspecified atom stereocenters. The van der Waals surface area contributed by atoms with E-state index in [9.17, 15) is 13.2 Å². The molecule has 0 bridgehead atoms. The number of rotatable bonds is 6. The highest BCUT2D eigenvalue weighted by atomic mass is 35.5. The number of nitrogens with one attached hydrogen (secondary N) is 1. The van der Waals surface area contributed by atoms with Crippen molar-refractivity contribution in [1.29, 1.82) is 0 Å². The van der Waals surface area contributed by atoms with E-state index >= 15 is 0 Å². The lowest BCUT2D eigenvalue weighted by Crippen LogP contribution is -2.06. The van der Waals surface area contributed by atoms with Crippen LogP contribution < -0.4 is 10.1 Å². The predicted octanol–water partition coefficient (Wildman–Crippen LogP) is 5.60. The second kappa shape index (κ2) is 8.22. The van der Waals surface area contributed by atoms with Crippen molar-refractivity contribution in [1.82, 2.24) is 15.0 Å². The standard InChI is InChI=1S/C19H12ClF3N4OS/c20-12-8-29-19-15(12)17(25-9-26-19)24-6-5-10-1-3-11(4-2-10)28-18-14(22)7-13(21)16(23)27-18/h1-4,7-9H,5-6H2,(H,24,25,26). The Kier molecular flexibility index (Phi) is 5.50. The minimum absolute atomic E-state index is 0.252. The molecular formula is C19H12ClF3N4OS. The maximum atomic E-state index is 13.6. The van der Waals surface area contributed by atoms with Crippen molar-refractivity contribution in [2.24, 2.45) is 0 Å². The summed E-state index contributed by atoms with van der Waals surface area (Å²) in [5, 5.41) is 6.45. The number of halogens is 4. The van der Waals surface area contributed by atoms with E-state index in [1.807, 2.05) is 5.38 Å². The molecule has 10 heteroatoms. The Morgan fingerprint density at radius 3 is 2.66 bits per heavy atom. The number of nitrogens with zero attached hydrogens (tertiary/aromatic N) is 3. The van der Waals surface area contributed by atoms with E-state index in [1.54, 1.807) is 24.3 Å². The molecule has 29 heavy (non-hydrogen) atoms. The van der Waals surface area contributed by atoms with Gasteiger partial charge in [0.05, 0.1) is 10.4 Å². The maximum absolute atomic E-state index is 13.6. The van der Waals surface area contributed by atoms with Crippen molar-refractivity contribution in [2.45, 2.75) is 6.42 Å². The van der Waals surface area contributed by atoms with Crippen LogP contribution in [0.1, 0.15) is 5.56 Å². The average Bonchev–Trinajstić information content (AvgIpc) is 3.09. The first-order valence-electron chi connectivity index (χ1n) is 8.41. The Bertz CT molecular complexity index is 1170. The molecule has 0 aliphatic rings. The number of pyridine rings is 1. The quantitative estimate of drug-likeness (QED) is 0.398. The number of fused-ring (bicyclic) bond motifs is 1. The molecule has 0 saturated heterocycles. The minimum atomic E-state index is -1.42. The summed E-state index contributed by atoms with van der Waals surface area (Å²) in [5.74, 6) is -3.59. The summed E-state index contributed by atoms with van der Waals surface area (Å²) in [6, 6.07) is 7.14. The van der Waals surface area contributed by atoms with Gasteiger partial charge in [0.1, 0.15) is 22.7 Å². The number of thiophene rings is 1. The highest BCUT2D eigenvalue weighted by molar-refractivity contribution is 7.17. The number of aromatic nitrogens is 3. The van der Waals surface area contributed by atoms with Crippen molar-refractivity contribution < 1.29 is 17.9 Å².